The Morgan fingerprint density at radius 2 is 2.14 bits per heavy atom. The van der Waals surface area contributed by atoms with Crippen LogP contribution in [0.5, 0.6) is 0 Å². The number of nitrogens with zero attached hydrogens (tertiary/aromatic N) is 2. The van der Waals surface area contributed by atoms with Crippen LogP contribution in [0.1, 0.15) is 18.6 Å². The van der Waals surface area contributed by atoms with Gasteiger partial charge in [0.15, 0.2) is 3.77 Å². The zero-order valence-electron chi connectivity index (χ0n) is 12.5. The lowest BCUT2D eigenvalue weighted by Gasteiger charge is -2.35. The average molecular weight is 416 g/mol. The number of rotatable bonds is 4. The quantitative estimate of drug-likeness (QED) is 0.558. The molecule has 0 bridgehead atoms. The maximum atomic E-state index is 12.2. The highest BCUT2D eigenvalue weighted by Crippen LogP contribution is 2.15. The van der Waals surface area contributed by atoms with Crippen molar-refractivity contribution in [1.29, 1.82) is 0 Å². The van der Waals surface area contributed by atoms with Crippen LogP contribution < -0.4 is 0 Å². The minimum absolute atomic E-state index is 0.0585. The molecule has 0 spiro atoms. The van der Waals surface area contributed by atoms with Gasteiger partial charge in [-0.2, -0.15) is 0 Å². The van der Waals surface area contributed by atoms with Gasteiger partial charge < -0.3 is 14.1 Å². The van der Waals surface area contributed by atoms with Crippen LogP contribution in [0, 0.1) is 3.77 Å². The Balaban J connectivity index is 1.44. The van der Waals surface area contributed by atoms with E-state index < -0.39 is 0 Å². The number of halogens is 1. The van der Waals surface area contributed by atoms with Crippen LogP contribution in [-0.2, 0) is 9.53 Å². The lowest BCUT2D eigenvalue weighted by molar-refractivity contribution is -0.127. The van der Waals surface area contributed by atoms with Crippen molar-refractivity contribution in [2.24, 2.45) is 0 Å². The molecule has 2 aliphatic rings. The van der Waals surface area contributed by atoms with Gasteiger partial charge >= 0.3 is 0 Å². The molecule has 1 aromatic heterocycles. The van der Waals surface area contributed by atoms with Crippen molar-refractivity contribution < 1.29 is 13.9 Å². The molecule has 0 aromatic carbocycles. The number of hydrogen-bond acceptors (Lipinski definition) is 4. The number of carbonyl (C=O) groups is 1. The Hall–Kier alpha value is -0.860. The summed E-state index contributed by atoms with van der Waals surface area (Å²) >= 11 is 2.11. The summed E-state index contributed by atoms with van der Waals surface area (Å²) in [5.41, 5.74) is 0. The molecule has 0 N–H and O–H groups in total. The summed E-state index contributed by atoms with van der Waals surface area (Å²) in [5, 5.41) is 0. The number of ether oxygens (including phenoxy) is 1. The lowest BCUT2D eigenvalue weighted by Crippen LogP contribution is -2.50. The normalized spacial score (nSPS) is 23.5. The monoisotopic (exact) mass is 416 g/mol. The zero-order chi connectivity index (χ0) is 15.4. The molecule has 1 unspecified atom stereocenters. The average Bonchev–Trinajstić information content (AvgIpc) is 3.17. The van der Waals surface area contributed by atoms with Crippen molar-refractivity contribution in [2.45, 2.75) is 18.9 Å². The van der Waals surface area contributed by atoms with Gasteiger partial charge in [0.1, 0.15) is 5.76 Å². The summed E-state index contributed by atoms with van der Waals surface area (Å²) in [6.45, 7) is 5.33. The largest absolute Gasteiger partial charge is 0.451 e. The molecule has 22 heavy (non-hydrogen) atoms. The highest BCUT2D eigenvalue weighted by Gasteiger charge is 2.24. The fourth-order valence-corrected chi connectivity index (χ4v) is 3.34. The minimum atomic E-state index is 0.0585. The molecular formula is C16H21IN2O3. The third kappa shape index (κ3) is 4.33. The molecular weight excluding hydrogens is 395 g/mol. The summed E-state index contributed by atoms with van der Waals surface area (Å²) in [6, 6.07) is 3.75. The second kappa shape index (κ2) is 7.61. The molecule has 120 valence electrons. The molecule has 2 aliphatic heterocycles. The van der Waals surface area contributed by atoms with Gasteiger partial charge in [0, 0.05) is 45.4 Å². The predicted molar refractivity (Wildman–Crippen MR) is 92.5 cm³/mol. The maximum Gasteiger partial charge on any atom is 0.246 e. The third-order valence-corrected chi connectivity index (χ3v) is 4.73. The van der Waals surface area contributed by atoms with Crippen LogP contribution >= 0.6 is 22.6 Å². The van der Waals surface area contributed by atoms with Crippen LogP contribution in [0.15, 0.2) is 22.6 Å². The molecule has 0 saturated carbocycles. The fraction of sp³-hybridized carbons (Fsp3) is 0.562. The van der Waals surface area contributed by atoms with Crippen molar-refractivity contribution in [3.05, 3.63) is 27.7 Å². The Labute approximate surface area is 144 Å². The summed E-state index contributed by atoms with van der Waals surface area (Å²) in [4.78, 5) is 16.5. The number of furan rings is 1. The molecule has 0 radical (unpaired) electrons. The molecule has 3 rings (SSSR count). The van der Waals surface area contributed by atoms with Gasteiger partial charge in [-0.1, -0.05) is 0 Å². The molecule has 1 atom stereocenters. The second-order valence-electron chi connectivity index (χ2n) is 5.74. The van der Waals surface area contributed by atoms with Crippen molar-refractivity contribution in [3.63, 3.8) is 0 Å². The third-order valence-electron chi connectivity index (χ3n) is 4.15. The predicted octanol–water partition coefficient (Wildman–Crippen LogP) is 2.22. The Kier molecular flexibility index (Phi) is 5.54. The smallest absolute Gasteiger partial charge is 0.246 e. The Morgan fingerprint density at radius 3 is 2.77 bits per heavy atom. The van der Waals surface area contributed by atoms with E-state index in [1.165, 1.54) is 12.8 Å². The van der Waals surface area contributed by atoms with Crippen LogP contribution in [0.25, 0.3) is 6.08 Å². The molecule has 3 heterocycles. The van der Waals surface area contributed by atoms with E-state index in [1.807, 2.05) is 17.0 Å². The van der Waals surface area contributed by atoms with Gasteiger partial charge in [0.2, 0.25) is 5.91 Å². The molecule has 2 saturated heterocycles. The SMILES string of the molecule is O=C(/C=C/c1ccc(I)o1)N1CCN(CC2CCCO2)CC1. The van der Waals surface area contributed by atoms with Crippen LogP contribution in [0.3, 0.4) is 0 Å². The van der Waals surface area contributed by atoms with Gasteiger partial charge in [-0.3, -0.25) is 9.69 Å². The minimum Gasteiger partial charge on any atom is -0.451 e. The van der Waals surface area contributed by atoms with E-state index >= 15 is 0 Å². The highest BCUT2D eigenvalue weighted by atomic mass is 127. The molecule has 5 nitrogen and oxygen atoms in total. The number of hydrogen-bond donors (Lipinski definition) is 0. The summed E-state index contributed by atoms with van der Waals surface area (Å²) in [5.74, 6) is 0.776. The molecule has 0 aliphatic carbocycles. The fourth-order valence-electron chi connectivity index (χ4n) is 2.90. The van der Waals surface area contributed by atoms with E-state index in [2.05, 4.69) is 27.5 Å². The first-order chi connectivity index (χ1) is 10.7. The molecule has 1 aromatic rings. The Morgan fingerprint density at radius 1 is 1.32 bits per heavy atom. The van der Waals surface area contributed by atoms with Crippen molar-refractivity contribution in [2.75, 3.05) is 39.3 Å². The lowest BCUT2D eigenvalue weighted by atomic mass is 10.2. The summed E-state index contributed by atoms with van der Waals surface area (Å²) in [6.07, 6.45) is 6.08. The van der Waals surface area contributed by atoms with Gasteiger partial charge in [-0.25, -0.2) is 0 Å². The summed E-state index contributed by atoms with van der Waals surface area (Å²) in [7, 11) is 0. The first-order valence-corrected chi connectivity index (χ1v) is 8.85. The van der Waals surface area contributed by atoms with Crippen LogP contribution in [0.4, 0.5) is 0 Å². The number of piperazine rings is 1. The van der Waals surface area contributed by atoms with Gasteiger partial charge in [0.25, 0.3) is 0 Å². The maximum absolute atomic E-state index is 12.2. The first kappa shape index (κ1) is 16.0. The zero-order valence-corrected chi connectivity index (χ0v) is 14.7. The van der Waals surface area contributed by atoms with Crippen molar-refractivity contribution in [1.82, 2.24) is 9.80 Å². The summed E-state index contributed by atoms with van der Waals surface area (Å²) < 4.78 is 11.9. The molecule has 1 amide bonds. The standard InChI is InChI=1S/C16H21IN2O3/c17-15-5-3-13(22-15)4-6-16(20)19-9-7-18(8-10-19)12-14-2-1-11-21-14/h3-6,14H,1-2,7-12H2/b6-4+. The topological polar surface area (TPSA) is 45.9 Å². The van der Waals surface area contributed by atoms with E-state index in [4.69, 9.17) is 9.15 Å². The molecule has 2 fully saturated rings. The van der Waals surface area contributed by atoms with E-state index in [1.54, 1.807) is 12.2 Å². The van der Waals surface area contributed by atoms with Crippen LogP contribution in [0.2, 0.25) is 0 Å². The van der Waals surface area contributed by atoms with E-state index in [9.17, 15) is 4.79 Å². The second-order valence-corrected chi connectivity index (χ2v) is 6.80. The number of carbonyl (C=O) groups excluding carboxylic acids is 1. The van der Waals surface area contributed by atoms with Gasteiger partial charge in [-0.15, -0.1) is 0 Å². The van der Waals surface area contributed by atoms with E-state index in [0.717, 1.165) is 48.9 Å². The molecule has 6 heteroatoms. The highest BCUT2D eigenvalue weighted by molar-refractivity contribution is 14.1. The van der Waals surface area contributed by atoms with Crippen molar-refractivity contribution in [3.8, 4) is 0 Å². The Bertz CT molecular complexity index is 529. The van der Waals surface area contributed by atoms with Gasteiger partial charge in [0.05, 0.1) is 6.10 Å². The van der Waals surface area contributed by atoms with Crippen molar-refractivity contribution >= 4 is 34.6 Å². The van der Waals surface area contributed by atoms with Gasteiger partial charge in [-0.05, 0) is 53.6 Å². The van der Waals surface area contributed by atoms with Crippen LogP contribution in [-0.4, -0.2) is 61.1 Å². The van der Waals surface area contributed by atoms with E-state index in [-0.39, 0.29) is 5.91 Å². The van der Waals surface area contributed by atoms with E-state index in [0.29, 0.717) is 6.10 Å². The first-order valence-electron chi connectivity index (χ1n) is 7.77. The number of amides is 1.